The average molecular weight is 406 g/mol. The van der Waals surface area contributed by atoms with Crippen molar-refractivity contribution in [3.05, 3.63) is 32.6 Å². The van der Waals surface area contributed by atoms with Crippen LogP contribution in [0.3, 0.4) is 0 Å². The van der Waals surface area contributed by atoms with Gasteiger partial charge in [-0.1, -0.05) is 6.92 Å². The van der Waals surface area contributed by atoms with Crippen LogP contribution in [0.5, 0.6) is 0 Å². The van der Waals surface area contributed by atoms with Gasteiger partial charge in [0.2, 0.25) is 12.3 Å². The number of ketones is 3. The molecule has 1 heterocycles. The summed E-state index contributed by atoms with van der Waals surface area (Å²) in [6, 6.07) is 0. The molecule has 1 fully saturated rings. The number of hydrogen-bond donors (Lipinski definition) is 1. The third-order valence-electron chi connectivity index (χ3n) is 5.64. The summed E-state index contributed by atoms with van der Waals surface area (Å²) in [6.45, 7) is 7.52. The van der Waals surface area contributed by atoms with Crippen molar-refractivity contribution in [2.75, 3.05) is 6.54 Å². The Morgan fingerprint density at radius 3 is 2.45 bits per heavy atom. The summed E-state index contributed by atoms with van der Waals surface area (Å²) in [4.78, 5) is 62.2. The van der Waals surface area contributed by atoms with Crippen LogP contribution in [0, 0.1) is 41.7 Å². The molecule has 1 aromatic rings. The molecule has 1 aliphatic carbocycles. The lowest BCUT2D eigenvalue weighted by molar-refractivity contribution is -0.490. The molecule has 1 aliphatic rings. The van der Waals surface area contributed by atoms with Crippen LogP contribution in [-0.4, -0.2) is 45.9 Å². The zero-order chi connectivity index (χ0) is 22.0. The zero-order valence-corrected chi connectivity index (χ0v) is 17.2. The van der Waals surface area contributed by atoms with Gasteiger partial charge >= 0.3 is 5.97 Å². The van der Waals surface area contributed by atoms with E-state index in [1.807, 2.05) is 0 Å². The number of nitro groups is 1. The highest BCUT2D eigenvalue weighted by molar-refractivity contribution is 6.05. The molecule has 0 spiro atoms. The lowest BCUT2D eigenvalue weighted by atomic mass is 9.88. The van der Waals surface area contributed by atoms with Crippen molar-refractivity contribution >= 4 is 23.3 Å². The molecule has 29 heavy (non-hydrogen) atoms. The number of aryl methyl sites for hydroxylation is 1. The molecule has 0 bridgehead atoms. The van der Waals surface area contributed by atoms with E-state index in [4.69, 9.17) is 4.74 Å². The molecular weight excluding hydrogens is 380 g/mol. The summed E-state index contributed by atoms with van der Waals surface area (Å²) in [6.07, 6.45) is -1.22. The molecule has 0 aromatic carbocycles. The molecule has 1 saturated carbocycles. The highest BCUT2D eigenvalue weighted by Crippen LogP contribution is 2.36. The maximum Gasteiger partial charge on any atom is 0.307 e. The Hall–Kier alpha value is -2.84. The predicted octanol–water partition coefficient (Wildman–Crippen LogP) is 2.46. The molecule has 2 rings (SSSR count). The van der Waals surface area contributed by atoms with Gasteiger partial charge in [0.1, 0.15) is 5.78 Å². The van der Waals surface area contributed by atoms with Gasteiger partial charge in [-0.15, -0.1) is 0 Å². The van der Waals surface area contributed by atoms with Gasteiger partial charge in [-0.05, 0) is 39.2 Å². The Balaban J connectivity index is 2.08. The number of aromatic amines is 1. The van der Waals surface area contributed by atoms with E-state index in [2.05, 4.69) is 4.98 Å². The summed E-state index contributed by atoms with van der Waals surface area (Å²) in [7, 11) is 0. The fourth-order valence-corrected chi connectivity index (χ4v) is 4.21. The van der Waals surface area contributed by atoms with E-state index in [1.165, 1.54) is 13.8 Å². The van der Waals surface area contributed by atoms with Gasteiger partial charge in [-0.2, -0.15) is 0 Å². The van der Waals surface area contributed by atoms with Gasteiger partial charge in [0, 0.05) is 34.4 Å². The van der Waals surface area contributed by atoms with Crippen LogP contribution in [0.1, 0.15) is 65.7 Å². The van der Waals surface area contributed by atoms with Crippen molar-refractivity contribution in [3.63, 3.8) is 0 Å². The standard InChI is InChI=1S/C20H26N2O7/c1-9-6-16(24)14(15(9)8-22(27)28)7-17(25)29-13(5)20(26)19-10(2)18(12(4)23)11(3)21-19/h9,13-15,21H,6-8H2,1-5H3/t9-,13-,14+,15-/m1/s1. The normalized spacial score (nSPS) is 22.4. The van der Waals surface area contributed by atoms with E-state index in [0.29, 0.717) is 16.8 Å². The summed E-state index contributed by atoms with van der Waals surface area (Å²) < 4.78 is 5.21. The smallest absolute Gasteiger partial charge is 0.307 e. The predicted molar refractivity (Wildman–Crippen MR) is 102 cm³/mol. The van der Waals surface area contributed by atoms with Crippen molar-refractivity contribution < 1.29 is 28.8 Å². The van der Waals surface area contributed by atoms with Gasteiger partial charge in [0.05, 0.1) is 12.1 Å². The minimum absolute atomic E-state index is 0.175. The first kappa shape index (κ1) is 22.4. The molecule has 0 amide bonds. The summed E-state index contributed by atoms with van der Waals surface area (Å²) in [5, 5.41) is 10.9. The monoisotopic (exact) mass is 406 g/mol. The maximum atomic E-state index is 12.7. The first-order valence-electron chi connectivity index (χ1n) is 9.52. The highest BCUT2D eigenvalue weighted by atomic mass is 16.6. The van der Waals surface area contributed by atoms with E-state index in [0.717, 1.165) is 0 Å². The number of aromatic nitrogens is 1. The lowest BCUT2D eigenvalue weighted by Crippen LogP contribution is -2.30. The minimum Gasteiger partial charge on any atom is -0.454 e. The van der Waals surface area contributed by atoms with Crippen LogP contribution >= 0.6 is 0 Å². The highest BCUT2D eigenvalue weighted by Gasteiger charge is 2.44. The van der Waals surface area contributed by atoms with Crippen molar-refractivity contribution in [1.82, 2.24) is 4.98 Å². The number of rotatable bonds is 8. The Bertz CT molecular complexity index is 870. The molecule has 9 heteroatoms. The molecule has 1 aromatic heterocycles. The van der Waals surface area contributed by atoms with Crippen LogP contribution in [-0.2, 0) is 14.3 Å². The van der Waals surface area contributed by atoms with Crippen LogP contribution in [0.25, 0.3) is 0 Å². The molecule has 0 radical (unpaired) electrons. The fourth-order valence-electron chi connectivity index (χ4n) is 4.21. The van der Waals surface area contributed by atoms with Gasteiger partial charge in [0.15, 0.2) is 11.9 Å². The maximum absolute atomic E-state index is 12.7. The summed E-state index contributed by atoms with van der Waals surface area (Å²) in [5.74, 6) is -3.09. The Morgan fingerprint density at radius 1 is 1.31 bits per heavy atom. The average Bonchev–Trinajstić information content (AvgIpc) is 3.03. The number of H-pyrrole nitrogens is 1. The second-order valence-corrected chi connectivity index (χ2v) is 7.82. The van der Waals surface area contributed by atoms with Crippen LogP contribution in [0.2, 0.25) is 0 Å². The molecule has 0 aliphatic heterocycles. The molecule has 0 saturated heterocycles. The van der Waals surface area contributed by atoms with Crippen molar-refractivity contribution in [2.24, 2.45) is 17.8 Å². The molecule has 0 unspecified atom stereocenters. The first-order chi connectivity index (χ1) is 13.4. The zero-order valence-electron chi connectivity index (χ0n) is 17.2. The fraction of sp³-hybridized carbons (Fsp3) is 0.600. The van der Waals surface area contributed by atoms with Crippen molar-refractivity contribution in [3.8, 4) is 0 Å². The number of nitrogens with one attached hydrogen (secondary N) is 1. The van der Waals surface area contributed by atoms with E-state index in [1.54, 1.807) is 20.8 Å². The van der Waals surface area contributed by atoms with E-state index < -0.39 is 34.6 Å². The second kappa shape index (κ2) is 8.67. The largest absolute Gasteiger partial charge is 0.454 e. The lowest BCUT2D eigenvalue weighted by Gasteiger charge is -2.18. The number of Topliss-reactive ketones (excluding diaryl/α,β-unsaturated/α-hetero) is 3. The SMILES string of the molecule is CC(=O)c1c(C)[nH]c(C(=O)[C@@H](C)OC(=O)C[C@@H]2C(=O)C[C@@H](C)[C@H]2C[N+](=O)[O-])c1C. The molecule has 1 N–H and O–H groups in total. The van der Waals surface area contributed by atoms with Gasteiger partial charge < -0.3 is 9.72 Å². The number of hydrogen-bond acceptors (Lipinski definition) is 7. The van der Waals surface area contributed by atoms with E-state index >= 15 is 0 Å². The Labute approximate surface area is 168 Å². The van der Waals surface area contributed by atoms with E-state index in [-0.39, 0.29) is 42.6 Å². The Kier molecular flexibility index (Phi) is 6.71. The molecule has 9 nitrogen and oxygen atoms in total. The number of nitrogens with zero attached hydrogens (tertiary/aromatic N) is 1. The molecular formula is C20H26N2O7. The quantitative estimate of drug-likeness (QED) is 0.303. The number of carbonyl (C=O) groups excluding carboxylic acids is 4. The minimum atomic E-state index is -1.12. The van der Waals surface area contributed by atoms with Crippen LogP contribution < -0.4 is 0 Å². The second-order valence-electron chi connectivity index (χ2n) is 7.82. The summed E-state index contributed by atoms with van der Waals surface area (Å²) in [5.41, 5.74) is 1.68. The number of carbonyl (C=O) groups is 4. The van der Waals surface area contributed by atoms with Gasteiger partial charge in [0.25, 0.3) is 0 Å². The van der Waals surface area contributed by atoms with Gasteiger partial charge in [-0.25, -0.2) is 0 Å². The third kappa shape index (κ3) is 4.78. The number of ether oxygens (including phenoxy) is 1. The summed E-state index contributed by atoms with van der Waals surface area (Å²) >= 11 is 0. The third-order valence-corrected chi connectivity index (χ3v) is 5.64. The topological polar surface area (TPSA) is 136 Å². The number of esters is 1. The first-order valence-corrected chi connectivity index (χ1v) is 9.52. The molecule has 4 atom stereocenters. The van der Waals surface area contributed by atoms with Crippen LogP contribution in [0.4, 0.5) is 0 Å². The molecule has 158 valence electrons. The van der Waals surface area contributed by atoms with Gasteiger partial charge in [-0.3, -0.25) is 29.3 Å². The van der Waals surface area contributed by atoms with Crippen molar-refractivity contribution in [2.45, 2.75) is 53.6 Å². The van der Waals surface area contributed by atoms with Crippen LogP contribution in [0.15, 0.2) is 0 Å². The Morgan fingerprint density at radius 2 is 1.93 bits per heavy atom. The van der Waals surface area contributed by atoms with E-state index in [9.17, 15) is 29.3 Å². The van der Waals surface area contributed by atoms with Crippen molar-refractivity contribution in [1.29, 1.82) is 0 Å².